The summed E-state index contributed by atoms with van der Waals surface area (Å²) >= 11 is 5.96. The maximum absolute atomic E-state index is 12.4. The molecule has 0 aliphatic rings. The third-order valence-electron chi connectivity index (χ3n) is 5.11. The molecule has 0 fully saturated rings. The fraction of sp³-hybridized carbons (Fsp3) is 0.148. The standard InChI is InChI=1S/C27H26ClNO6/c1-32-22-11-10-18(9-8-17-14-23(33-2)27(35-4)24(15-17)34-3)25(26(22)31)29-13-12-21(30)19-6-5-7-20(28)16-19/h5-16,29,31H,1-4H3/b9-8-,13-12-. The average Bonchev–Trinajstić information content (AvgIpc) is 2.87. The highest BCUT2D eigenvalue weighted by Gasteiger charge is 2.14. The van der Waals surface area contributed by atoms with Gasteiger partial charge in [-0.2, -0.15) is 0 Å². The van der Waals surface area contributed by atoms with Gasteiger partial charge in [0, 0.05) is 28.4 Å². The topological polar surface area (TPSA) is 86.3 Å². The Hall–Kier alpha value is -4.10. The Bertz CT molecular complexity index is 1240. The number of rotatable bonds is 10. The number of benzene rings is 3. The minimum Gasteiger partial charge on any atom is -0.503 e. The van der Waals surface area contributed by atoms with Crippen LogP contribution in [-0.4, -0.2) is 39.3 Å². The molecule has 0 saturated carbocycles. The fourth-order valence-corrected chi connectivity index (χ4v) is 3.56. The lowest BCUT2D eigenvalue weighted by atomic mass is 10.1. The number of hydrogen-bond acceptors (Lipinski definition) is 7. The minimum absolute atomic E-state index is 0.0978. The zero-order valence-corrected chi connectivity index (χ0v) is 20.6. The molecule has 2 N–H and O–H groups in total. The third-order valence-corrected chi connectivity index (χ3v) is 5.34. The van der Waals surface area contributed by atoms with Crippen LogP contribution in [0.3, 0.4) is 0 Å². The first-order valence-corrected chi connectivity index (χ1v) is 10.9. The van der Waals surface area contributed by atoms with Gasteiger partial charge in [0.25, 0.3) is 0 Å². The second-order valence-corrected chi connectivity index (χ2v) is 7.66. The fourth-order valence-electron chi connectivity index (χ4n) is 3.37. The van der Waals surface area contributed by atoms with E-state index < -0.39 is 0 Å². The van der Waals surface area contributed by atoms with Crippen LogP contribution in [0.4, 0.5) is 5.69 Å². The number of allylic oxidation sites excluding steroid dienone is 1. The highest BCUT2D eigenvalue weighted by Crippen LogP contribution is 2.40. The normalized spacial score (nSPS) is 11.0. The summed E-state index contributed by atoms with van der Waals surface area (Å²) in [5.74, 6) is 1.48. The van der Waals surface area contributed by atoms with Crippen molar-refractivity contribution in [2.45, 2.75) is 0 Å². The van der Waals surface area contributed by atoms with E-state index in [-0.39, 0.29) is 17.3 Å². The first-order valence-electron chi connectivity index (χ1n) is 10.5. The number of aromatic hydroxyl groups is 1. The first-order chi connectivity index (χ1) is 16.9. The van der Waals surface area contributed by atoms with Gasteiger partial charge in [0.05, 0.1) is 34.1 Å². The number of anilines is 1. The van der Waals surface area contributed by atoms with Crippen LogP contribution < -0.4 is 24.3 Å². The number of hydrogen-bond donors (Lipinski definition) is 2. The summed E-state index contributed by atoms with van der Waals surface area (Å²) in [5, 5.41) is 14.2. The van der Waals surface area contributed by atoms with Crippen LogP contribution in [-0.2, 0) is 0 Å². The van der Waals surface area contributed by atoms with Crippen molar-refractivity contribution in [3.63, 3.8) is 0 Å². The van der Waals surface area contributed by atoms with E-state index in [1.165, 1.54) is 19.4 Å². The van der Waals surface area contributed by atoms with E-state index in [1.807, 2.05) is 6.08 Å². The number of carbonyl (C=O) groups excluding carboxylic acids is 1. The van der Waals surface area contributed by atoms with Crippen LogP contribution in [0, 0.1) is 0 Å². The number of ketones is 1. The lowest BCUT2D eigenvalue weighted by molar-refractivity contribution is 0.104. The summed E-state index contributed by atoms with van der Waals surface area (Å²) in [6, 6.07) is 13.7. The van der Waals surface area contributed by atoms with Crippen LogP contribution in [0.15, 0.2) is 60.8 Å². The van der Waals surface area contributed by atoms with E-state index in [2.05, 4.69) is 5.32 Å². The van der Waals surface area contributed by atoms with Crippen LogP contribution in [0.25, 0.3) is 12.2 Å². The van der Waals surface area contributed by atoms with Gasteiger partial charge < -0.3 is 29.4 Å². The number of ether oxygens (including phenoxy) is 4. The molecule has 0 aliphatic carbocycles. The van der Waals surface area contributed by atoms with Crippen molar-refractivity contribution in [2.75, 3.05) is 33.8 Å². The maximum atomic E-state index is 12.4. The molecule has 0 amide bonds. The quantitative estimate of drug-likeness (QED) is 0.153. The van der Waals surface area contributed by atoms with Gasteiger partial charge in [-0.05, 0) is 42.0 Å². The summed E-state index contributed by atoms with van der Waals surface area (Å²) < 4.78 is 21.4. The van der Waals surface area contributed by atoms with Gasteiger partial charge in [0.2, 0.25) is 5.75 Å². The number of nitrogens with one attached hydrogen (secondary N) is 1. The molecule has 3 aromatic carbocycles. The maximum Gasteiger partial charge on any atom is 0.203 e. The molecule has 3 aromatic rings. The summed E-state index contributed by atoms with van der Waals surface area (Å²) in [6.07, 6.45) is 6.44. The highest BCUT2D eigenvalue weighted by atomic mass is 35.5. The van der Waals surface area contributed by atoms with Gasteiger partial charge in [-0.15, -0.1) is 0 Å². The third kappa shape index (κ3) is 6.07. The smallest absolute Gasteiger partial charge is 0.203 e. The van der Waals surface area contributed by atoms with Crippen molar-refractivity contribution in [2.24, 2.45) is 0 Å². The monoisotopic (exact) mass is 495 g/mol. The van der Waals surface area contributed by atoms with Crippen LogP contribution in [0.2, 0.25) is 5.02 Å². The van der Waals surface area contributed by atoms with E-state index in [1.54, 1.807) is 75.9 Å². The minimum atomic E-state index is -0.239. The molecule has 8 heteroatoms. The van der Waals surface area contributed by atoms with E-state index in [0.717, 1.165) is 5.56 Å². The number of methoxy groups -OCH3 is 4. The molecule has 0 atom stereocenters. The molecular weight excluding hydrogens is 470 g/mol. The molecule has 0 radical (unpaired) electrons. The molecule has 7 nitrogen and oxygen atoms in total. The van der Waals surface area contributed by atoms with Crippen LogP contribution in [0.1, 0.15) is 21.5 Å². The van der Waals surface area contributed by atoms with Crippen molar-refractivity contribution in [3.8, 4) is 28.7 Å². The predicted molar refractivity (Wildman–Crippen MR) is 138 cm³/mol. The summed E-state index contributed by atoms with van der Waals surface area (Å²) in [5.41, 5.74) is 2.25. The molecule has 0 spiro atoms. The van der Waals surface area contributed by atoms with Gasteiger partial charge in [-0.1, -0.05) is 35.9 Å². The van der Waals surface area contributed by atoms with Gasteiger partial charge in [0.1, 0.15) is 0 Å². The van der Waals surface area contributed by atoms with Gasteiger partial charge >= 0.3 is 0 Å². The van der Waals surface area contributed by atoms with Crippen LogP contribution >= 0.6 is 11.6 Å². The number of halogens is 1. The molecule has 0 bridgehead atoms. The first kappa shape index (κ1) is 25.5. The number of phenolic OH excluding ortho intramolecular Hbond substituents is 1. The average molecular weight is 496 g/mol. The molecule has 35 heavy (non-hydrogen) atoms. The van der Waals surface area contributed by atoms with Crippen molar-refractivity contribution >= 4 is 35.2 Å². The van der Waals surface area contributed by atoms with Crippen molar-refractivity contribution in [1.82, 2.24) is 0 Å². The SMILES string of the molecule is COc1ccc(/C=C\c2cc(OC)c(OC)c(OC)c2)c(N/C=C\C(=O)c2cccc(Cl)c2)c1O. The zero-order chi connectivity index (χ0) is 25.4. The summed E-state index contributed by atoms with van der Waals surface area (Å²) in [7, 11) is 6.10. The molecule has 0 unspecified atom stereocenters. The zero-order valence-electron chi connectivity index (χ0n) is 19.8. The number of phenols is 1. The summed E-state index contributed by atoms with van der Waals surface area (Å²) in [4.78, 5) is 12.4. The largest absolute Gasteiger partial charge is 0.503 e. The van der Waals surface area contributed by atoms with E-state index in [0.29, 0.717) is 39.1 Å². The lowest BCUT2D eigenvalue weighted by Crippen LogP contribution is -1.98. The van der Waals surface area contributed by atoms with E-state index in [4.69, 9.17) is 30.5 Å². The van der Waals surface area contributed by atoms with Crippen molar-refractivity contribution < 1.29 is 28.8 Å². The summed E-state index contributed by atoms with van der Waals surface area (Å²) in [6.45, 7) is 0. The highest BCUT2D eigenvalue weighted by molar-refractivity contribution is 6.31. The Morgan fingerprint density at radius 2 is 1.57 bits per heavy atom. The molecule has 0 aliphatic heterocycles. The van der Waals surface area contributed by atoms with Gasteiger partial charge in [-0.25, -0.2) is 0 Å². The Kier molecular flexibility index (Phi) is 8.64. The molecule has 3 rings (SSSR count). The van der Waals surface area contributed by atoms with E-state index in [9.17, 15) is 9.90 Å². The van der Waals surface area contributed by atoms with Gasteiger partial charge in [0.15, 0.2) is 28.8 Å². The van der Waals surface area contributed by atoms with Crippen LogP contribution in [0.5, 0.6) is 28.7 Å². The Morgan fingerprint density at radius 3 is 2.17 bits per heavy atom. The lowest BCUT2D eigenvalue weighted by Gasteiger charge is -2.13. The van der Waals surface area contributed by atoms with E-state index >= 15 is 0 Å². The van der Waals surface area contributed by atoms with Crippen molar-refractivity contribution in [3.05, 3.63) is 82.5 Å². The predicted octanol–water partition coefficient (Wildman–Crippen LogP) is 6.06. The molecular formula is C27H26ClNO6. The number of carbonyl (C=O) groups is 1. The Morgan fingerprint density at radius 1 is 0.886 bits per heavy atom. The Labute approximate surface area is 209 Å². The second kappa shape index (κ2) is 11.9. The molecule has 182 valence electrons. The molecule has 0 aromatic heterocycles. The second-order valence-electron chi connectivity index (χ2n) is 7.22. The molecule has 0 saturated heterocycles. The Balaban J connectivity index is 1.92. The van der Waals surface area contributed by atoms with Crippen molar-refractivity contribution in [1.29, 1.82) is 0 Å². The molecule has 0 heterocycles. The van der Waals surface area contributed by atoms with Gasteiger partial charge in [-0.3, -0.25) is 4.79 Å².